The minimum atomic E-state index is -4.26. The molecule has 3 rings (SSSR count). The fourth-order valence-corrected chi connectivity index (χ4v) is 2.14. The molecule has 0 fully saturated rings. The molecule has 120 valence electrons. The summed E-state index contributed by atoms with van der Waals surface area (Å²) in [5.74, 6) is 0.324. The van der Waals surface area contributed by atoms with Gasteiger partial charge < -0.3 is 4.74 Å². The second kappa shape index (κ2) is 6.04. The molecule has 3 aromatic rings. The van der Waals surface area contributed by atoms with Crippen LogP contribution in [0.15, 0.2) is 36.8 Å². The van der Waals surface area contributed by atoms with Crippen LogP contribution in [0, 0.1) is 0 Å². The number of ether oxygens (including phenoxy) is 1. The third-order valence-electron chi connectivity index (χ3n) is 3.03. The molecule has 0 aliphatic heterocycles. The predicted octanol–water partition coefficient (Wildman–Crippen LogP) is 4.22. The second-order valence-corrected chi connectivity index (χ2v) is 5.15. The molecule has 2 heterocycles. The normalized spacial score (nSPS) is 11.8. The Labute approximate surface area is 133 Å². The number of halogens is 4. The summed E-state index contributed by atoms with van der Waals surface area (Å²) in [6, 6.07) is 5.11. The van der Waals surface area contributed by atoms with E-state index in [4.69, 9.17) is 16.3 Å². The highest BCUT2D eigenvalue weighted by Gasteiger charge is 2.27. The van der Waals surface area contributed by atoms with Gasteiger partial charge in [-0.25, -0.2) is 9.97 Å². The van der Waals surface area contributed by atoms with Crippen LogP contribution < -0.4 is 4.74 Å². The van der Waals surface area contributed by atoms with Crippen LogP contribution in [0.5, 0.6) is 11.8 Å². The van der Waals surface area contributed by atoms with Crippen LogP contribution in [0.4, 0.5) is 13.2 Å². The van der Waals surface area contributed by atoms with E-state index in [0.29, 0.717) is 21.7 Å². The molecule has 0 saturated heterocycles. The maximum atomic E-state index is 12.4. The smallest absolute Gasteiger partial charge is 0.390 e. The first-order chi connectivity index (χ1) is 10.9. The topological polar surface area (TPSA) is 52.8 Å². The number of benzene rings is 1. The summed E-state index contributed by atoms with van der Waals surface area (Å²) in [7, 11) is 0. The Morgan fingerprint density at radius 3 is 2.57 bits per heavy atom. The zero-order valence-corrected chi connectivity index (χ0v) is 12.3. The van der Waals surface area contributed by atoms with Gasteiger partial charge >= 0.3 is 12.2 Å². The highest BCUT2D eigenvalue weighted by Crippen LogP contribution is 2.30. The van der Waals surface area contributed by atoms with Crippen molar-refractivity contribution >= 4 is 22.5 Å². The van der Waals surface area contributed by atoms with Gasteiger partial charge in [-0.05, 0) is 6.07 Å². The van der Waals surface area contributed by atoms with E-state index in [1.807, 2.05) is 0 Å². The fraction of sp³-hybridized carbons (Fsp3) is 0.214. The van der Waals surface area contributed by atoms with Crippen LogP contribution >= 0.6 is 11.6 Å². The van der Waals surface area contributed by atoms with E-state index in [1.165, 1.54) is 23.3 Å². The van der Waals surface area contributed by atoms with Gasteiger partial charge in [-0.3, -0.25) is 4.68 Å². The molecule has 0 saturated carbocycles. The van der Waals surface area contributed by atoms with E-state index >= 15 is 0 Å². The van der Waals surface area contributed by atoms with E-state index in [0.717, 1.165) is 0 Å². The first-order valence-corrected chi connectivity index (χ1v) is 6.97. The molecule has 9 heteroatoms. The minimum absolute atomic E-state index is 0.0467. The Balaban J connectivity index is 1.93. The summed E-state index contributed by atoms with van der Waals surface area (Å²) >= 11 is 5.70. The Kier molecular flexibility index (Phi) is 4.08. The van der Waals surface area contributed by atoms with Crippen molar-refractivity contribution in [2.45, 2.75) is 19.1 Å². The highest BCUT2D eigenvalue weighted by atomic mass is 35.5. The number of rotatable bonds is 4. The molecule has 0 bridgehead atoms. The summed E-state index contributed by atoms with van der Waals surface area (Å²) < 4.78 is 44.1. The molecule has 0 spiro atoms. The monoisotopic (exact) mass is 342 g/mol. The standard InChI is InChI=1S/C14H10ClF3N4O/c15-10-7-19-13(20-8-10)23-11-3-1-2-9-6-21-22(12(9)11)5-4-14(16,17)18/h1-3,6-8H,4-5H2. The first-order valence-electron chi connectivity index (χ1n) is 6.59. The largest absolute Gasteiger partial charge is 0.422 e. The van der Waals surface area contributed by atoms with E-state index in [-0.39, 0.29) is 12.6 Å². The third-order valence-corrected chi connectivity index (χ3v) is 3.22. The lowest BCUT2D eigenvalue weighted by Crippen LogP contribution is -2.13. The molecule has 0 radical (unpaired) electrons. The van der Waals surface area contributed by atoms with Crippen molar-refractivity contribution in [3.63, 3.8) is 0 Å². The molecule has 0 amide bonds. The van der Waals surface area contributed by atoms with Crippen molar-refractivity contribution in [2.24, 2.45) is 0 Å². The molecular weight excluding hydrogens is 333 g/mol. The number of hydrogen-bond acceptors (Lipinski definition) is 4. The van der Waals surface area contributed by atoms with E-state index in [9.17, 15) is 13.2 Å². The maximum Gasteiger partial charge on any atom is 0.390 e. The van der Waals surface area contributed by atoms with Crippen LogP contribution in [0.3, 0.4) is 0 Å². The van der Waals surface area contributed by atoms with Crippen molar-refractivity contribution < 1.29 is 17.9 Å². The van der Waals surface area contributed by atoms with E-state index in [2.05, 4.69) is 15.1 Å². The Hall–Kier alpha value is -2.35. The SMILES string of the molecule is FC(F)(F)CCn1ncc2cccc(Oc3ncc(Cl)cn3)c21. The van der Waals surface area contributed by atoms with Gasteiger partial charge in [-0.2, -0.15) is 18.3 Å². The molecule has 1 aromatic carbocycles. The van der Waals surface area contributed by atoms with E-state index in [1.54, 1.807) is 18.2 Å². The van der Waals surface area contributed by atoms with Gasteiger partial charge in [0.1, 0.15) is 5.52 Å². The average molecular weight is 343 g/mol. The van der Waals surface area contributed by atoms with Gasteiger partial charge in [0.05, 0.1) is 36.6 Å². The number of para-hydroxylation sites is 1. The number of hydrogen-bond donors (Lipinski definition) is 0. The molecule has 0 N–H and O–H groups in total. The zero-order chi connectivity index (χ0) is 16.4. The zero-order valence-electron chi connectivity index (χ0n) is 11.6. The summed E-state index contributed by atoms with van der Waals surface area (Å²) in [6.07, 6.45) is -1.01. The maximum absolute atomic E-state index is 12.4. The van der Waals surface area contributed by atoms with Crippen LogP contribution in [0.2, 0.25) is 5.02 Å². The van der Waals surface area contributed by atoms with Gasteiger partial charge in [-0.1, -0.05) is 23.7 Å². The summed E-state index contributed by atoms with van der Waals surface area (Å²) in [6.45, 7) is -0.297. The van der Waals surface area contributed by atoms with Crippen molar-refractivity contribution in [2.75, 3.05) is 0 Å². The number of nitrogens with zero attached hydrogens (tertiary/aromatic N) is 4. The Morgan fingerprint density at radius 1 is 1.13 bits per heavy atom. The van der Waals surface area contributed by atoms with Gasteiger partial charge in [0.25, 0.3) is 0 Å². The number of aryl methyl sites for hydroxylation is 1. The van der Waals surface area contributed by atoms with Crippen molar-refractivity contribution in [1.29, 1.82) is 0 Å². The quantitative estimate of drug-likeness (QED) is 0.712. The van der Waals surface area contributed by atoms with Crippen LogP contribution in [0.25, 0.3) is 10.9 Å². The van der Waals surface area contributed by atoms with Gasteiger partial charge in [-0.15, -0.1) is 0 Å². The molecule has 2 aromatic heterocycles. The first kappa shape index (κ1) is 15.5. The molecule has 0 aliphatic rings. The Morgan fingerprint density at radius 2 is 1.87 bits per heavy atom. The molecular formula is C14H10ClF3N4O. The molecule has 0 atom stereocenters. The summed E-state index contributed by atoms with van der Waals surface area (Å²) in [4.78, 5) is 7.81. The van der Waals surface area contributed by atoms with Gasteiger partial charge in [0, 0.05) is 5.39 Å². The second-order valence-electron chi connectivity index (χ2n) is 4.71. The van der Waals surface area contributed by atoms with Crippen LogP contribution in [-0.2, 0) is 6.54 Å². The van der Waals surface area contributed by atoms with E-state index < -0.39 is 12.6 Å². The summed E-state index contributed by atoms with van der Waals surface area (Å²) in [5, 5.41) is 5.01. The fourth-order valence-electron chi connectivity index (χ4n) is 2.05. The van der Waals surface area contributed by atoms with Crippen molar-refractivity contribution in [1.82, 2.24) is 19.7 Å². The molecule has 5 nitrogen and oxygen atoms in total. The molecule has 0 aliphatic carbocycles. The summed E-state index contributed by atoms with van der Waals surface area (Å²) in [5.41, 5.74) is 0.454. The lowest BCUT2D eigenvalue weighted by molar-refractivity contribution is -0.137. The van der Waals surface area contributed by atoms with Crippen molar-refractivity contribution in [3.05, 3.63) is 41.8 Å². The lowest BCUT2D eigenvalue weighted by Gasteiger charge is -2.10. The number of alkyl halides is 3. The highest BCUT2D eigenvalue weighted by molar-refractivity contribution is 6.30. The average Bonchev–Trinajstić information content (AvgIpc) is 2.91. The molecule has 0 unspecified atom stereocenters. The Bertz CT molecular complexity index is 817. The van der Waals surface area contributed by atoms with Crippen molar-refractivity contribution in [3.8, 4) is 11.8 Å². The van der Waals surface area contributed by atoms with Crippen LogP contribution in [0.1, 0.15) is 6.42 Å². The minimum Gasteiger partial charge on any atom is -0.422 e. The number of fused-ring (bicyclic) bond motifs is 1. The van der Waals surface area contributed by atoms with Gasteiger partial charge in [0.2, 0.25) is 0 Å². The van der Waals surface area contributed by atoms with Crippen LogP contribution in [-0.4, -0.2) is 25.9 Å². The predicted molar refractivity (Wildman–Crippen MR) is 77.5 cm³/mol. The molecule has 23 heavy (non-hydrogen) atoms. The number of aromatic nitrogens is 4. The lowest BCUT2D eigenvalue weighted by atomic mass is 10.2. The van der Waals surface area contributed by atoms with Gasteiger partial charge in [0.15, 0.2) is 5.75 Å². The third kappa shape index (κ3) is 3.70.